The van der Waals surface area contributed by atoms with Gasteiger partial charge in [0.15, 0.2) is 0 Å². The number of aliphatic hydroxyl groups excluding tert-OH is 2. The Morgan fingerprint density at radius 1 is 1.04 bits per heavy atom. The summed E-state index contributed by atoms with van der Waals surface area (Å²) in [6, 6.07) is 0. The molecule has 2 unspecified atom stereocenters. The maximum absolute atomic E-state index is 11.3. The van der Waals surface area contributed by atoms with E-state index in [2.05, 4.69) is 6.58 Å². The lowest BCUT2D eigenvalue weighted by atomic mass is 10.7. The maximum atomic E-state index is 11.3. The standard InChI is InChI=1S/C7H18O6Si4.C4H10O.C2H6O2/c1-6-7(8)9-17(5)12-15(3)10-14(2)11-16(4)13-17;1-3-5-4-2;3-1-2-4/h6,14-16H,1H2,2-5H3;3-4H2,1-2H3;3-4H,1-2H2. The Balaban J connectivity index is 0. The van der Waals surface area contributed by atoms with Gasteiger partial charge in [0.1, 0.15) is 0 Å². The molecule has 2 atom stereocenters. The van der Waals surface area contributed by atoms with Crippen molar-refractivity contribution in [2.45, 2.75) is 40.0 Å². The number of aliphatic hydroxyl groups is 2. The van der Waals surface area contributed by atoms with Crippen molar-refractivity contribution >= 4 is 42.6 Å². The first-order chi connectivity index (χ1) is 12.2. The zero-order valence-corrected chi connectivity index (χ0v) is 21.1. The molecule has 0 spiro atoms. The van der Waals surface area contributed by atoms with Crippen LogP contribution in [0.2, 0.25) is 26.2 Å². The Morgan fingerprint density at radius 3 is 1.73 bits per heavy atom. The van der Waals surface area contributed by atoms with Gasteiger partial charge in [-0.25, -0.2) is 4.79 Å². The van der Waals surface area contributed by atoms with Gasteiger partial charge in [0.2, 0.25) is 0 Å². The van der Waals surface area contributed by atoms with Crippen molar-refractivity contribution in [3.8, 4) is 0 Å². The summed E-state index contributed by atoms with van der Waals surface area (Å²) in [5, 5.41) is 15.2. The molecule has 1 saturated heterocycles. The number of rotatable bonds is 5. The zero-order chi connectivity index (χ0) is 20.6. The quantitative estimate of drug-likeness (QED) is 0.442. The molecule has 0 aromatic rings. The number of hydrogen-bond donors (Lipinski definition) is 2. The summed E-state index contributed by atoms with van der Waals surface area (Å²) >= 11 is 0. The molecular formula is C13H34O9Si4. The third-order valence-corrected chi connectivity index (χ3v) is 15.3. The summed E-state index contributed by atoms with van der Waals surface area (Å²) in [7, 11) is -8.36. The van der Waals surface area contributed by atoms with Crippen molar-refractivity contribution in [2.75, 3.05) is 26.4 Å². The average Bonchev–Trinajstić information content (AvgIpc) is 2.54. The van der Waals surface area contributed by atoms with E-state index in [4.69, 9.17) is 35.8 Å². The number of carbonyl (C=O) groups is 1. The Hall–Kier alpha value is -0.202. The Bertz CT molecular complexity index is 358. The summed E-state index contributed by atoms with van der Waals surface area (Å²) < 4.78 is 32.8. The molecule has 1 aliphatic heterocycles. The molecule has 156 valence electrons. The van der Waals surface area contributed by atoms with E-state index in [-0.39, 0.29) is 13.2 Å². The van der Waals surface area contributed by atoms with Gasteiger partial charge in [0.25, 0.3) is 9.28 Å². The fourth-order valence-corrected chi connectivity index (χ4v) is 14.7. The van der Waals surface area contributed by atoms with Crippen molar-refractivity contribution in [1.82, 2.24) is 0 Å². The van der Waals surface area contributed by atoms with E-state index >= 15 is 0 Å². The van der Waals surface area contributed by atoms with Crippen LogP contribution in [0.25, 0.3) is 0 Å². The van der Waals surface area contributed by atoms with Gasteiger partial charge < -0.3 is 35.8 Å². The van der Waals surface area contributed by atoms with Gasteiger partial charge in [-0.1, -0.05) is 6.58 Å². The number of carbonyl (C=O) groups excluding carboxylic acids is 1. The van der Waals surface area contributed by atoms with Crippen LogP contribution in [-0.2, 0) is 30.4 Å². The topological polar surface area (TPSA) is 113 Å². The minimum absolute atomic E-state index is 0.125. The highest BCUT2D eigenvalue weighted by Gasteiger charge is 2.44. The fraction of sp³-hybridized carbons (Fsp3) is 0.769. The van der Waals surface area contributed by atoms with E-state index in [9.17, 15) is 4.79 Å². The van der Waals surface area contributed by atoms with E-state index in [1.54, 1.807) is 6.55 Å². The van der Waals surface area contributed by atoms with Crippen LogP contribution in [-0.4, -0.2) is 79.3 Å². The van der Waals surface area contributed by atoms with Gasteiger partial charge in [-0.3, -0.25) is 0 Å². The first-order valence-electron chi connectivity index (χ1n) is 8.49. The average molecular weight is 447 g/mol. The number of ether oxygens (including phenoxy) is 1. The first-order valence-corrected chi connectivity index (χ1v) is 17.0. The largest absolute Gasteiger partial charge is 0.546 e. The lowest BCUT2D eigenvalue weighted by Crippen LogP contribution is -2.55. The normalized spacial score (nSPS) is 28.2. The van der Waals surface area contributed by atoms with E-state index < -0.39 is 42.6 Å². The molecule has 1 rings (SSSR count). The van der Waals surface area contributed by atoms with Gasteiger partial charge >= 0.3 is 33.3 Å². The molecule has 0 aliphatic carbocycles. The van der Waals surface area contributed by atoms with Crippen LogP contribution in [0.3, 0.4) is 0 Å². The van der Waals surface area contributed by atoms with Crippen molar-refractivity contribution < 1.29 is 40.6 Å². The van der Waals surface area contributed by atoms with Crippen LogP contribution in [0.4, 0.5) is 0 Å². The molecule has 0 radical (unpaired) electrons. The van der Waals surface area contributed by atoms with Crippen molar-refractivity contribution in [1.29, 1.82) is 0 Å². The highest BCUT2D eigenvalue weighted by atomic mass is 28.5. The molecule has 13 heteroatoms. The van der Waals surface area contributed by atoms with Gasteiger partial charge in [-0.15, -0.1) is 0 Å². The highest BCUT2D eigenvalue weighted by Crippen LogP contribution is 2.17. The molecule has 26 heavy (non-hydrogen) atoms. The summed E-state index contributed by atoms with van der Waals surface area (Å²) in [6.45, 7) is 16.2. The predicted octanol–water partition coefficient (Wildman–Crippen LogP) is -0.0710. The lowest BCUT2D eigenvalue weighted by Gasteiger charge is -2.34. The molecule has 1 fully saturated rings. The van der Waals surface area contributed by atoms with Crippen molar-refractivity contribution in [3.63, 3.8) is 0 Å². The van der Waals surface area contributed by atoms with Gasteiger partial charge in [-0.2, -0.15) is 0 Å². The van der Waals surface area contributed by atoms with Gasteiger partial charge in [0.05, 0.1) is 13.2 Å². The monoisotopic (exact) mass is 446 g/mol. The fourth-order valence-electron chi connectivity index (χ4n) is 1.73. The van der Waals surface area contributed by atoms with E-state index in [0.717, 1.165) is 19.3 Å². The molecule has 9 nitrogen and oxygen atoms in total. The third kappa shape index (κ3) is 16.0. The Morgan fingerprint density at radius 2 is 1.46 bits per heavy atom. The molecule has 0 aromatic heterocycles. The second-order valence-electron chi connectivity index (χ2n) is 4.93. The minimum atomic E-state index is -2.98. The minimum Gasteiger partial charge on any atom is -0.471 e. The second-order valence-corrected chi connectivity index (χ2v) is 14.3. The first kappa shape index (κ1) is 28.0. The van der Waals surface area contributed by atoms with Crippen LogP contribution in [0.1, 0.15) is 13.8 Å². The molecule has 2 N–H and O–H groups in total. The highest BCUT2D eigenvalue weighted by molar-refractivity contribution is 6.78. The lowest BCUT2D eigenvalue weighted by molar-refractivity contribution is -0.132. The van der Waals surface area contributed by atoms with E-state index in [0.29, 0.717) is 0 Å². The van der Waals surface area contributed by atoms with Gasteiger partial charge in [-0.05, 0) is 33.5 Å². The predicted molar refractivity (Wildman–Crippen MR) is 108 cm³/mol. The SMILES string of the molecule is C=CC(=O)O[Si]1(C)O[SiH](C)O[SiH](C)O[SiH](C)O1.CCOCC.OCCO. The third-order valence-electron chi connectivity index (χ3n) is 2.49. The molecule has 1 heterocycles. The molecular weight excluding hydrogens is 412 g/mol. The Labute approximate surface area is 162 Å². The second kappa shape index (κ2) is 16.9. The molecule has 0 bridgehead atoms. The smallest absolute Gasteiger partial charge is 0.471 e. The molecule has 1 aliphatic rings. The summed E-state index contributed by atoms with van der Waals surface area (Å²) in [4.78, 5) is 11.3. The van der Waals surface area contributed by atoms with Crippen molar-refractivity contribution in [2.24, 2.45) is 0 Å². The molecule has 0 amide bonds. The molecule has 0 aromatic carbocycles. The number of hydrogen-bond acceptors (Lipinski definition) is 9. The van der Waals surface area contributed by atoms with E-state index in [1.165, 1.54) is 0 Å². The van der Waals surface area contributed by atoms with Crippen LogP contribution < -0.4 is 0 Å². The maximum Gasteiger partial charge on any atom is 0.546 e. The zero-order valence-electron chi connectivity index (χ0n) is 16.6. The van der Waals surface area contributed by atoms with E-state index in [1.807, 2.05) is 33.5 Å². The van der Waals surface area contributed by atoms with Gasteiger partial charge in [0, 0.05) is 25.8 Å². The van der Waals surface area contributed by atoms with Crippen molar-refractivity contribution in [3.05, 3.63) is 12.7 Å². The van der Waals surface area contributed by atoms with Crippen LogP contribution >= 0.6 is 0 Å². The Kier molecular flexibility index (Phi) is 18.2. The molecule has 0 saturated carbocycles. The van der Waals surface area contributed by atoms with Crippen LogP contribution in [0.15, 0.2) is 12.7 Å². The summed E-state index contributed by atoms with van der Waals surface area (Å²) in [5.41, 5.74) is 0. The summed E-state index contributed by atoms with van der Waals surface area (Å²) in [6.07, 6.45) is 1.10. The van der Waals surface area contributed by atoms with Crippen LogP contribution in [0, 0.1) is 0 Å². The van der Waals surface area contributed by atoms with Crippen LogP contribution in [0.5, 0.6) is 0 Å². The summed E-state index contributed by atoms with van der Waals surface area (Å²) in [5.74, 6) is -0.535.